The average Bonchev–Trinajstić information content (AvgIpc) is 2.38. The van der Waals surface area contributed by atoms with Crippen molar-refractivity contribution < 1.29 is 19.4 Å². The summed E-state index contributed by atoms with van der Waals surface area (Å²) >= 11 is 0. The minimum Gasteiger partial charge on any atom is -0.481 e. The zero-order chi connectivity index (χ0) is 15.0. The highest BCUT2D eigenvalue weighted by Gasteiger charge is 2.13. The summed E-state index contributed by atoms with van der Waals surface area (Å²) in [6.07, 6.45) is 1.36. The molecule has 0 saturated carbocycles. The van der Waals surface area contributed by atoms with Crippen LogP contribution in [0.1, 0.15) is 32.3 Å². The van der Waals surface area contributed by atoms with Crippen LogP contribution in [-0.4, -0.2) is 29.7 Å². The van der Waals surface area contributed by atoms with Crippen LogP contribution in [0, 0.1) is 0 Å². The number of ether oxygens (including phenoxy) is 1. The lowest BCUT2D eigenvalue weighted by molar-refractivity contribution is -0.136. The van der Waals surface area contributed by atoms with E-state index in [1.54, 1.807) is 31.2 Å². The molecule has 0 heterocycles. The minimum absolute atomic E-state index is 0.0632. The molecule has 1 unspecified atom stereocenters. The number of rotatable bonds is 8. The van der Waals surface area contributed by atoms with Crippen LogP contribution < -0.4 is 5.32 Å². The molecule has 1 rings (SSSR count). The first kappa shape index (κ1) is 16.2. The standard InChI is InChI=1S/C15H21NO4/c1-3-4-8-20-11(2)15(19)16-13-7-5-6-12(9-13)10-14(17)18/h5-7,9,11H,3-4,8,10H2,1-2H3,(H,16,19)(H,17,18). The molecule has 1 aromatic rings. The Morgan fingerprint density at radius 3 is 2.80 bits per heavy atom. The number of carboxylic acid groups (broad SMARTS) is 1. The molecule has 0 saturated heterocycles. The number of nitrogens with one attached hydrogen (secondary N) is 1. The fraction of sp³-hybridized carbons (Fsp3) is 0.467. The molecular formula is C15H21NO4. The highest BCUT2D eigenvalue weighted by molar-refractivity contribution is 5.94. The third-order valence-corrected chi connectivity index (χ3v) is 2.78. The minimum atomic E-state index is -0.898. The zero-order valence-corrected chi connectivity index (χ0v) is 11.9. The summed E-state index contributed by atoms with van der Waals surface area (Å²) in [6.45, 7) is 4.32. The van der Waals surface area contributed by atoms with E-state index in [1.807, 2.05) is 0 Å². The summed E-state index contributed by atoms with van der Waals surface area (Å²) in [5.41, 5.74) is 1.23. The Morgan fingerprint density at radius 2 is 2.15 bits per heavy atom. The number of hydrogen-bond acceptors (Lipinski definition) is 3. The van der Waals surface area contributed by atoms with E-state index < -0.39 is 12.1 Å². The van der Waals surface area contributed by atoms with Gasteiger partial charge in [-0.05, 0) is 31.0 Å². The first-order chi connectivity index (χ1) is 9.52. The van der Waals surface area contributed by atoms with Crippen molar-refractivity contribution in [1.82, 2.24) is 0 Å². The molecule has 0 aliphatic carbocycles. The Morgan fingerprint density at radius 1 is 1.40 bits per heavy atom. The average molecular weight is 279 g/mol. The molecule has 0 aliphatic rings. The predicted octanol–water partition coefficient (Wildman–Crippen LogP) is 2.46. The molecule has 2 N–H and O–H groups in total. The molecule has 1 atom stereocenters. The summed E-state index contributed by atoms with van der Waals surface area (Å²) in [4.78, 5) is 22.5. The topological polar surface area (TPSA) is 75.6 Å². The van der Waals surface area contributed by atoms with Crippen molar-refractivity contribution >= 4 is 17.6 Å². The number of unbranched alkanes of at least 4 members (excludes halogenated alkanes) is 1. The lowest BCUT2D eigenvalue weighted by Crippen LogP contribution is -2.28. The third kappa shape index (κ3) is 5.84. The molecular weight excluding hydrogens is 258 g/mol. The maximum Gasteiger partial charge on any atom is 0.307 e. The van der Waals surface area contributed by atoms with E-state index in [-0.39, 0.29) is 12.3 Å². The fourth-order valence-corrected chi connectivity index (χ4v) is 1.66. The normalized spacial score (nSPS) is 11.9. The van der Waals surface area contributed by atoms with Crippen molar-refractivity contribution in [2.24, 2.45) is 0 Å². The maximum atomic E-state index is 11.9. The van der Waals surface area contributed by atoms with Crippen LogP contribution >= 0.6 is 0 Å². The van der Waals surface area contributed by atoms with Gasteiger partial charge in [-0.1, -0.05) is 25.5 Å². The number of carboxylic acids is 1. The van der Waals surface area contributed by atoms with Gasteiger partial charge < -0.3 is 15.2 Å². The van der Waals surface area contributed by atoms with E-state index in [9.17, 15) is 9.59 Å². The van der Waals surface area contributed by atoms with E-state index in [4.69, 9.17) is 9.84 Å². The lowest BCUT2D eigenvalue weighted by atomic mass is 10.1. The van der Waals surface area contributed by atoms with Gasteiger partial charge in [0.1, 0.15) is 6.10 Å². The summed E-state index contributed by atoms with van der Waals surface area (Å²) < 4.78 is 5.41. The van der Waals surface area contributed by atoms with Crippen LogP contribution in [0.2, 0.25) is 0 Å². The summed E-state index contributed by atoms with van der Waals surface area (Å²) in [5, 5.41) is 11.5. The Hall–Kier alpha value is -1.88. The monoisotopic (exact) mass is 279 g/mol. The number of carbonyl (C=O) groups excluding carboxylic acids is 1. The molecule has 5 nitrogen and oxygen atoms in total. The van der Waals surface area contributed by atoms with E-state index in [0.717, 1.165) is 12.8 Å². The first-order valence-corrected chi connectivity index (χ1v) is 6.76. The fourth-order valence-electron chi connectivity index (χ4n) is 1.66. The van der Waals surface area contributed by atoms with E-state index in [0.29, 0.717) is 17.9 Å². The highest BCUT2D eigenvalue weighted by atomic mass is 16.5. The predicted molar refractivity (Wildman–Crippen MR) is 76.7 cm³/mol. The Labute approximate surface area is 118 Å². The quantitative estimate of drug-likeness (QED) is 0.717. The Balaban J connectivity index is 2.54. The summed E-state index contributed by atoms with van der Waals surface area (Å²) in [5.74, 6) is -1.13. The highest BCUT2D eigenvalue weighted by Crippen LogP contribution is 2.12. The molecule has 0 fully saturated rings. The second-order valence-electron chi connectivity index (χ2n) is 4.63. The number of carbonyl (C=O) groups is 2. The SMILES string of the molecule is CCCCOC(C)C(=O)Nc1cccc(CC(=O)O)c1. The lowest BCUT2D eigenvalue weighted by Gasteiger charge is -2.13. The second-order valence-corrected chi connectivity index (χ2v) is 4.63. The molecule has 0 spiro atoms. The van der Waals surface area contributed by atoms with Crippen molar-refractivity contribution in [3.05, 3.63) is 29.8 Å². The van der Waals surface area contributed by atoms with Crippen LogP contribution in [0.5, 0.6) is 0 Å². The van der Waals surface area contributed by atoms with Crippen molar-refractivity contribution in [2.75, 3.05) is 11.9 Å². The molecule has 0 aromatic heterocycles. The van der Waals surface area contributed by atoms with Gasteiger partial charge in [0.25, 0.3) is 5.91 Å². The van der Waals surface area contributed by atoms with E-state index in [2.05, 4.69) is 12.2 Å². The van der Waals surface area contributed by atoms with Gasteiger partial charge in [-0.3, -0.25) is 9.59 Å². The maximum absolute atomic E-state index is 11.9. The Bertz CT molecular complexity index is 459. The van der Waals surface area contributed by atoms with Gasteiger partial charge in [0.05, 0.1) is 6.42 Å². The molecule has 110 valence electrons. The van der Waals surface area contributed by atoms with Crippen molar-refractivity contribution in [3.8, 4) is 0 Å². The van der Waals surface area contributed by atoms with Gasteiger partial charge in [-0.25, -0.2) is 0 Å². The molecule has 20 heavy (non-hydrogen) atoms. The van der Waals surface area contributed by atoms with E-state index in [1.165, 1.54) is 0 Å². The number of amides is 1. The smallest absolute Gasteiger partial charge is 0.307 e. The molecule has 1 amide bonds. The van der Waals surface area contributed by atoms with Crippen LogP contribution in [0.4, 0.5) is 5.69 Å². The third-order valence-electron chi connectivity index (χ3n) is 2.78. The van der Waals surface area contributed by atoms with Crippen LogP contribution in [0.3, 0.4) is 0 Å². The van der Waals surface area contributed by atoms with Gasteiger partial charge in [-0.15, -0.1) is 0 Å². The zero-order valence-electron chi connectivity index (χ0n) is 11.9. The van der Waals surface area contributed by atoms with Crippen molar-refractivity contribution in [2.45, 2.75) is 39.2 Å². The number of hydrogen-bond donors (Lipinski definition) is 2. The number of anilines is 1. The second kappa shape index (κ2) is 8.32. The molecule has 1 aromatic carbocycles. The van der Waals surface area contributed by atoms with Crippen LogP contribution in [0.15, 0.2) is 24.3 Å². The van der Waals surface area contributed by atoms with Gasteiger partial charge in [0, 0.05) is 12.3 Å². The van der Waals surface area contributed by atoms with Crippen LogP contribution in [-0.2, 0) is 20.7 Å². The summed E-state index contributed by atoms with van der Waals surface area (Å²) in [6, 6.07) is 6.81. The largest absolute Gasteiger partial charge is 0.481 e. The van der Waals surface area contributed by atoms with Gasteiger partial charge >= 0.3 is 5.97 Å². The van der Waals surface area contributed by atoms with E-state index >= 15 is 0 Å². The van der Waals surface area contributed by atoms with Gasteiger partial charge in [0.2, 0.25) is 0 Å². The van der Waals surface area contributed by atoms with Crippen molar-refractivity contribution in [3.63, 3.8) is 0 Å². The molecule has 5 heteroatoms. The molecule has 0 aliphatic heterocycles. The van der Waals surface area contributed by atoms with Crippen LogP contribution in [0.25, 0.3) is 0 Å². The number of aliphatic carboxylic acids is 1. The van der Waals surface area contributed by atoms with Gasteiger partial charge in [-0.2, -0.15) is 0 Å². The molecule has 0 radical (unpaired) electrons. The first-order valence-electron chi connectivity index (χ1n) is 6.76. The van der Waals surface area contributed by atoms with Crippen molar-refractivity contribution in [1.29, 1.82) is 0 Å². The summed E-state index contributed by atoms with van der Waals surface area (Å²) in [7, 11) is 0. The number of benzene rings is 1. The van der Waals surface area contributed by atoms with Gasteiger partial charge in [0.15, 0.2) is 0 Å². The Kier molecular flexibility index (Phi) is 6.73. The molecule has 0 bridgehead atoms.